The van der Waals surface area contributed by atoms with Gasteiger partial charge in [0.1, 0.15) is 0 Å². The average Bonchev–Trinajstić information content (AvgIpc) is 2.81. The zero-order chi connectivity index (χ0) is 39.1. The van der Waals surface area contributed by atoms with E-state index in [4.69, 9.17) is 0 Å². The SMILES string of the molecule is CC(=O)NCC(C)CS(=O)(=O)[O-].CC(=O)NCC(C)CS(=O)(=O)[O-].CC(=O)NCC(C)CS(=O)(=O)[O-].CC(=O)NCC(C)CS(=O)(=O)[O-].[Ca+2].[Ca+2]. The maximum Gasteiger partial charge on any atom is 2.00 e. The largest absolute Gasteiger partial charge is 2.00 e. The molecule has 0 aliphatic carbocycles. The first-order valence-electron chi connectivity index (χ1n) is 14.0. The third kappa shape index (κ3) is 66.3. The van der Waals surface area contributed by atoms with E-state index in [0.717, 1.165) is 0 Å². The smallest absolute Gasteiger partial charge is 0.748 e. The second-order valence-electron chi connectivity index (χ2n) is 11.1. The first kappa shape index (κ1) is 62.0. The molecule has 0 heterocycles. The summed E-state index contributed by atoms with van der Waals surface area (Å²) in [6.45, 7) is 12.6. The van der Waals surface area contributed by atoms with Gasteiger partial charge in [0.2, 0.25) is 23.6 Å². The molecule has 26 heteroatoms. The molecule has 0 fully saturated rings. The minimum atomic E-state index is -4.17. The fourth-order valence-electron chi connectivity index (χ4n) is 2.90. The van der Waals surface area contributed by atoms with Crippen LogP contribution in [-0.4, -0.2) is 200 Å². The van der Waals surface area contributed by atoms with Crippen LogP contribution in [0.15, 0.2) is 0 Å². The third-order valence-electron chi connectivity index (χ3n) is 4.75. The van der Waals surface area contributed by atoms with E-state index in [0.29, 0.717) is 0 Å². The molecule has 0 aromatic rings. The summed E-state index contributed by atoms with van der Waals surface area (Å²) in [5, 5.41) is 9.70. The number of hydrogen-bond acceptors (Lipinski definition) is 16. The molecule has 0 aromatic carbocycles. The number of rotatable bonds is 16. The zero-order valence-electron chi connectivity index (χ0n) is 29.5. The molecule has 0 aliphatic rings. The molecule has 288 valence electrons. The van der Waals surface area contributed by atoms with Crippen molar-refractivity contribution in [3.63, 3.8) is 0 Å². The number of hydrogen-bond donors (Lipinski definition) is 4. The number of carbonyl (C=O) groups is 4. The van der Waals surface area contributed by atoms with E-state index in [2.05, 4.69) is 21.3 Å². The fourth-order valence-corrected chi connectivity index (χ4v) is 6.16. The van der Waals surface area contributed by atoms with Crippen LogP contribution in [0.25, 0.3) is 0 Å². The Balaban J connectivity index is -0.000000127. The molecule has 0 bridgehead atoms. The van der Waals surface area contributed by atoms with Gasteiger partial charge in [-0.05, 0) is 23.7 Å². The number of amides is 4. The molecule has 20 nitrogen and oxygen atoms in total. The summed E-state index contributed by atoms with van der Waals surface area (Å²) in [6, 6.07) is 0. The van der Waals surface area contributed by atoms with E-state index in [1.54, 1.807) is 27.7 Å². The predicted molar refractivity (Wildman–Crippen MR) is 181 cm³/mol. The Bertz CT molecular complexity index is 1210. The Morgan fingerprint density at radius 1 is 0.400 bits per heavy atom. The van der Waals surface area contributed by atoms with Gasteiger partial charge in [-0.25, -0.2) is 33.7 Å². The van der Waals surface area contributed by atoms with Crippen molar-refractivity contribution in [1.29, 1.82) is 0 Å². The predicted octanol–water partition coefficient (Wildman–Crippen LogP) is -3.55. The zero-order valence-corrected chi connectivity index (χ0v) is 37.2. The van der Waals surface area contributed by atoms with Gasteiger partial charge in [0.15, 0.2) is 0 Å². The molecule has 0 saturated carbocycles. The average molecular weight is 857 g/mol. The first-order valence-corrected chi connectivity index (χ1v) is 20.3. The number of nitrogens with one attached hydrogen (secondary N) is 4. The van der Waals surface area contributed by atoms with Crippen LogP contribution in [0, 0.1) is 23.7 Å². The summed E-state index contributed by atoms with van der Waals surface area (Å²) in [7, 11) is -16.7. The standard InChI is InChI=1S/4C6H13NO4S.2Ca/c4*1-5(3-7-6(2)8)4-12(9,10)11;;/h4*5H,3-4H2,1-2H3,(H,7,8)(H,9,10,11);;/q;;;;2*+2/p-4. The molecule has 4 atom stereocenters. The van der Waals surface area contributed by atoms with Crippen LogP contribution in [0.5, 0.6) is 0 Å². The van der Waals surface area contributed by atoms with Gasteiger partial charge in [-0.1, -0.05) is 27.7 Å². The van der Waals surface area contributed by atoms with Gasteiger partial charge in [0.25, 0.3) is 0 Å². The molecule has 4 amide bonds. The molecule has 4 unspecified atom stereocenters. The van der Waals surface area contributed by atoms with Crippen molar-refractivity contribution in [2.75, 3.05) is 49.2 Å². The van der Waals surface area contributed by atoms with Crippen LogP contribution in [-0.2, 0) is 59.7 Å². The van der Waals surface area contributed by atoms with Crippen molar-refractivity contribution in [3.8, 4) is 0 Å². The Morgan fingerprint density at radius 3 is 0.600 bits per heavy atom. The molecular weight excluding hydrogens is 809 g/mol. The molecule has 50 heavy (non-hydrogen) atoms. The van der Waals surface area contributed by atoms with Crippen LogP contribution < -0.4 is 21.3 Å². The molecule has 0 saturated heterocycles. The van der Waals surface area contributed by atoms with E-state index < -0.39 is 63.5 Å². The van der Waals surface area contributed by atoms with Crippen molar-refractivity contribution in [1.82, 2.24) is 21.3 Å². The molecule has 0 spiro atoms. The first-order chi connectivity index (χ1) is 21.2. The summed E-state index contributed by atoms with van der Waals surface area (Å²) in [6.07, 6.45) is 0. The molecule has 0 radical (unpaired) electrons. The summed E-state index contributed by atoms with van der Waals surface area (Å²) in [4.78, 5) is 41.5. The second kappa shape index (κ2) is 31.4. The maximum atomic E-state index is 10.4. The van der Waals surface area contributed by atoms with Crippen LogP contribution in [0.2, 0.25) is 0 Å². The minimum absolute atomic E-state index is 0. The van der Waals surface area contributed by atoms with Crippen LogP contribution in [0.4, 0.5) is 0 Å². The molecule has 0 rings (SSSR count). The minimum Gasteiger partial charge on any atom is -0.748 e. The van der Waals surface area contributed by atoms with E-state index >= 15 is 0 Å². The van der Waals surface area contributed by atoms with Crippen molar-refractivity contribution in [2.24, 2.45) is 23.7 Å². The second-order valence-corrected chi connectivity index (χ2v) is 16.9. The summed E-state index contributed by atoms with van der Waals surface area (Å²) in [5.74, 6) is -4.02. The molecule has 4 N–H and O–H groups in total. The Labute approximate surface area is 356 Å². The van der Waals surface area contributed by atoms with E-state index in [-0.39, 0.29) is 149 Å². The van der Waals surface area contributed by atoms with Gasteiger partial charge in [-0.3, -0.25) is 19.2 Å². The van der Waals surface area contributed by atoms with E-state index in [1.165, 1.54) is 27.7 Å². The van der Waals surface area contributed by atoms with Crippen molar-refractivity contribution in [2.45, 2.75) is 55.4 Å². The maximum absolute atomic E-state index is 10.4. The fraction of sp³-hybridized carbons (Fsp3) is 0.833. The van der Waals surface area contributed by atoms with E-state index in [9.17, 15) is 71.1 Å². The summed E-state index contributed by atoms with van der Waals surface area (Å²) >= 11 is 0. The van der Waals surface area contributed by atoms with Crippen LogP contribution in [0.3, 0.4) is 0 Å². The summed E-state index contributed by atoms with van der Waals surface area (Å²) < 4.78 is 123. The van der Waals surface area contributed by atoms with Crippen LogP contribution >= 0.6 is 0 Å². The monoisotopic (exact) mass is 856 g/mol. The van der Waals surface area contributed by atoms with E-state index in [1.807, 2.05) is 0 Å². The Hall–Kier alpha value is 0.0395. The topological polar surface area (TPSA) is 345 Å². The van der Waals surface area contributed by atoms with Gasteiger partial charge in [0, 0.05) is 76.9 Å². The summed E-state index contributed by atoms with van der Waals surface area (Å²) in [5.41, 5.74) is 0. The van der Waals surface area contributed by atoms with Gasteiger partial charge < -0.3 is 39.5 Å². The number of carbonyl (C=O) groups excluding carboxylic acids is 4. The van der Waals surface area contributed by atoms with Gasteiger partial charge >= 0.3 is 75.5 Å². The molecule has 0 aliphatic heterocycles. The molecule has 0 aromatic heterocycles. The van der Waals surface area contributed by atoms with Gasteiger partial charge in [-0.15, -0.1) is 0 Å². The Kier molecular flexibility index (Phi) is 39.0. The van der Waals surface area contributed by atoms with Crippen LogP contribution in [0.1, 0.15) is 55.4 Å². The van der Waals surface area contributed by atoms with Crippen molar-refractivity contribution >= 4 is 140 Å². The normalized spacial score (nSPS) is 13.4. The third-order valence-corrected chi connectivity index (χ3v) is 8.66. The van der Waals surface area contributed by atoms with Gasteiger partial charge in [-0.2, -0.15) is 0 Å². The quantitative estimate of drug-likeness (QED) is 0.0862. The Morgan fingerprint density at radius 2 is 0.520 bits per heavy atom. The molecular formula is C24H48Ca2N4O16S4. The van der Waals surface area contributed by atoms with Gasteiger partial charge in [0.05, 0.1) is 40.5 Å². The van der Waals surface area contributed by atoms with Crippen molar-refractivity contribution in [3.05, 3.63) is 0 Å². The van der Waals surface area contributed by atoms with Crippen molar-refractivity contribution < 1.29 is 71.1 Å².